The van der Waals surface area contributed by atoms with E-state index in [1.807, 2.05) is 6.07 Å². The lowest BCUT2D eigenvalue weighted by Gasteiger charge is -2.21. The van der Waals surface area contributed by atoms with Crippen LogP contribution in [0.25, 0.3) is 0 Å². The summed E-state index contributed by atoms with van der Waals surface area (Å²) in [6.07, 6.45) is 1.53. The molecule has 0 aliphatic rings. The molecule has 152 valence electrons. The number of phenolic OH excluding ortho intramolecular Hbond substituents is 1. The van der Waals surface area contributed by atoms with Gasteiger partial charge in [-0.05, 0) is 65.0 Å². The van der Waals surface area contributed by atoms with Crippen LogP contribution in [0.5, 0.6) is 5.75 Å². The number of sulfonamides is 1. The van der Waals surface area contributed by atoms with Crippen LogP contribution in [0.4, 0.5) is 11.4 Å². The number of aliphatic imine (C=N–C) groups is 1. The second-order valence-electron chi connectivity index (χ2n) is 7.53. The van der Waals surface area contributed by atoms with Crippen LogP contribution in [0.3, 0.4) is 0 Å². The summed E-state index contributed by atoms with van der Waals surface area (Å²) < 4.78 is 27.6. The number of phenols is 1. The molecule has 2 aromatic rings. The maximum absolute atomic E-state index is 12.5. The van der Waals surface area contributed by atoms with E-state index in [4.69, 9.17) is 0 Å². The third-order valence-corrected chi connectivity index (χ3v) is 5.82. The number of anilines is 1. The van der Waals surface area contributed by atoms with Gasteiger partial charge in [-0.1, -0.05) is 6.07 Å². The average Bonchev–Trinajstić information content (AvgIpc) is 2.60. The normalized spacial score (nSPS) is 12.5. The van der Waals surface area contributed by atoms with E-state index in [-0.39, 0.29) is 10.6 Å². The Kier molecular flexibility index (Phi) is 6.85. The molecule has 2 N–H and O–H groups in total. The van der Waals surface area contributed by atoms with Gasteiger partial charge in [-0.25, -0.2) is 13.1 Å². The van der Waals surface area contributed by atoms with Gasteiger partial charge in [0.1, 0.15) is 5.75 Å². The van der Waals surface area contributed by atoms with E-state index in [0.29, 0.717) is 11.3 Å². The van der Waals surface area contributed by atoms with E-state index >= 15 is 0 Å². The van der Waals surface area contributed by atoms with Crippen molar-refractivity contribution >= 4 is 27.6 Å². The molecular weight excluding hydrogens is 374 g/mol. The number of rotatable bonds is 7. The minimum absolute atomic E-state index is 0.131. The molecule has 0 unspecified atom stereocenters. The van der Waals surface area contributed by atoms with Gasteiger partial charge in [0.2, 0.25) is 10.0 Å². The smallest absolute Gasteiger partial charge is 0.241 e. The Balaban J connectivity index is 2.26. The summed E-state index contributed by atoms with van der Waals surface area (Å²) in [4.78, 5) is 6.62. The molecule has 0 saturated carbocycles. The lowest BCUT2D eigenvalue weighted by atomic mass is 10.1. The third kappa shape index (κ3) is 5.81. The lowest BCUT2D eigenvalue weighted by molar-refractivity contribution is 0.474. The predicted molar refractivity (Wildman–Crippen MR) is 115 cm³/mol. The average molecular weight is 404 g/mol. The SMILES string of the molecule is CCN(CC)c1ccc(C=Nc2cccc(S(=O)(=O)NC(C)(C)C)c2)c(O)c1. The highest BCUT2D eigenvalue weighted by molar-refractivity contribution is 7.89. The summed E-state index contributed by atoms with van der Waals surface area (Å²) in [7, 11) is -3.63. The minimum Gasteiger partial charge on any atom is -0.507 e. The fraction of sp³-hybridized carbons (Fsp3) is 0.381. The van der Waals surface area contributed by atoms with Crippen molar-refractivity contribution < 1.29 is 13.5 Å². The molecule has 0 saturated heterocycles. The van der Waals surface area contributed by atoms with Gasteiger partial charge in [0.15, 0.2) is 0 Å². The molecular formula is C21H29N3O3S. The number of hydrogen-bond acceptors (Lipinski definition) is 5. The molecule has 6 nitrogen and oxygen atoms in total. The van der Waals surface area contributed by atoms with Crippen LogP contribution >= 0.6 is 0 Å². The fourth-order valence-corrected chi connectivity index (χ4v) is 4.22. The molecule has 0 bridgehead atoms. The number of benzene rings is 2. The minimum atomic E-state index is -3.63. The van der Waals surface area contributed by atoms with Crippen LogP contribution in [-0.2, 0) is 10.0 Å². The zero-order valence-electron chi connectivity index (χ0n) is 17.1. The first-order valence-corrected chi connectivity index (χ1v) is 10.8. The maximum atomic E-state index is 12.5. The Labute approximate surface area is 168 Å². The second kappa shape index (κ2) is 8.75. The van der Waals surface area contributed by atoms with Crippen LogP contribution in [0.2, 0.25) is 0 Å². The van der Waals surface area contributed by atoms with Crippen molar-refractivity contribution in [2.45, 2.75) is 45.1 Å². The van der Waals surface area contributed by atoms with Crippen molar-refractivity contribution in [3.63, 3.8) is 0 Å². The summed E-state index contributed by atoms with van der Waals surface area (Å²) in [5, 5.41) is 10.3. The van der Waals surface area contributed by atoms with E-state index in [2.05, 4.69) is 28.5 Å². The zero-order chi connectivity index (χ0) is 20.9. The molecule has 0 heterocycles. The van der Waals surface area contributed by atoms with Gasteiger partial charge in [0.05, 0.1) is 10.6 Å². The van der Waals surface area contributed by atoms with Gasteiger partial charge < -0.3 is 10.0 Å². The first kappa shape index (κ1) is 21.9. The highest BCUT2D eigenvalue weighted by Crippen LogP contribution is 2.25. The van der Waals surface area contributed by atoms with E-state index in [9.17, 15) is 13.5 Å². The van der Waals surface area contributed by atoms with Crippen LogP contribution in [0, 0.1) is 0 Å². The van der Waals surface area contributed by atoms with Crippen molar-refractivity contribution in [3.8, 4) is 5.75 Å². The molecule has 0 atom stereocenters. The van der Waals surface area contributed by atoms with Gasteiger partial charge in [0.25, 0.3) is 0 Å². The molecule has 28 heavy (non-hydrogen) atoms. The number of nitrogens with one attached hydrogen (secondary N) is 1. The molecule has 0 fully saturated rings. The Morgan fingerprint density at radius 3 is 2.36 bits per heavy atom. The van der Waals surface area contributed by atoms with Gasteiger partial charge in [-0.15, -0.1) is 0 Å². The lowest BCUT2D eigenvalue weighted by Crippen LogP contribution is -2.40. The summed E-state index contributed by atoms with van der Waals surface area (Å²) in [5.41, 5.74) is 1.43. The van der Waals surface area contributed by atoms with E-state index < -0.39 is 15.6 Å². The van der Waals surface area contributed by atoms with Gasteiger partial charge in [-0.2, -0.15) is 0 Å². The molecule has 0 radical (unpaired) electrons. The second-order valence-corrected chi connectivity index (χ2v) is 9.21. The Morgan fingerprint density at radius 2 is 1.79 bits per heavy atom. The Morgan fingerprint density at radius 1 is 1.11 bits per heavy atom. The van der Waals surface area contributed by atoms with Crippen molar-refractivity contribution in [3.05, 3.63) is 48.0 Å². The molecule has 2 rings (SSSR count). The highest BCUT2D eigenvalue weighted by atomic mass is 32.2. The zero-order valence-corrected chi connectivity index (χ0v) is 17.9. The van der Waals surface area contributed by atoms with Gasteiger partial charge >= 0.3 is 0 Å². The van der Waals surface area contributed by atoms with Crippen molar-refractivity contribution in [1.29, 1.82) is 0 Å². The molecule has 0 amide bonds. The largest absolute Gasteiger partial charge is 0.507 e. The monoisotopic (exact) mass is 403 g/mol. The summed E-state index contributed by atoms with van der Waals surface area (Å²) in [6, 6.07) is 11.8. The summed E-state index contributed by atoms with van der Waals surface area (Å²) in [5.74, 6) is 0.131. The van der Waals surface area contributed by atoms with E-state index in [0.717, 1.165) is 18.8 Å². The summed E-state index contributed by atoms with van der Waals surface area (Å²) in [6.45, 7) is 11.2. The van der Waals surface area contributed by atoms with Crippen molar-refractivity contribution in [2.24, 2.45) is 4.99 Å². The standard InChI is InChI=1S/C21H29N3O3S/c1-6-24(7-2)18-12-11-16(20(25)14-18)15-22-17-9-8-10-19(13-17)28(26,27)23-21(3,4)5/h8-15,23,25H,6-7H2,1-5H3. The van der Waals surface area contributed by atoms with Crippen molar-refractivity contribution in [1.82, 2.24) is 4.72 Å². The number of aromatic hydroxyl groups is 1. The first-order chi connectivity index (χ1) is 13.1. The molecule has 0 spiro atoms. The van der Waals surface area contributed by atoms with Crippen LogP contribution in [0.1, 0.15) is 40.2 Å². The molecule has 0 aliphatic heterocycles. The summed E-state index contributed by atoms with van der Waals surface area (Å²) >= 11 is 0. The van der Waals surface area contributed by atoms with Crippen molar-refractivity contribution in [2.75, 3.05) is 18.0 Å². The third-order valence-electron chi connectivity index (χ3n) is 4.06. The van der Waals surface area contributed by atoms with Crippen LogP contribution in [0.15, 0.2) is 52.4 Å². The molecule has 0 aliphatic carbocycles. The Bertz CT molecular complexity index is 944. The number of hydrogen-bond donors (Lipinski definition) is 2. The number of nitrogens with zero attached hydrogens (tertiary/aromatic N) is 2. The maximum Gasteiger partial charge on any atom is 0.241 e. The highest BCUT2D eigenvalue weighted by Gasteiger charge is 2.22. The van der Waals surface area contributed by atoms with Crippen LogP contribution < -0.4 is 9.62 Å². The van der Waals surface area contributed by atoms with Crippen LogP contribution in [-0.4, -0.2) is 38.4 Å². The molecule has 7 heteroatoms. The Hall–Kier alpha value is -2.38. The van der Waals surface area contributed by atoms with E-state index in [1.54, 1.807) is 45.0 Å². The fourth-order valence-electron chi connectivity index (χ4n) is 2.76. The quantitative estimate of drug-likeness (QED) is 0.683. The molecule has 2 aromatic carbocycles. The molecule has 0 aromatic heterocycles. The first-order valence-electron chi connectivity index (χ1n) is 9.32. The predicted octanol–water partition coefficient (Wildman–Crippen LogP) is 4.07. The van der Waals surface area contributed by atoms with Gasteiger partial charge in [0, 0.05) is 42.2 Å². The van der Waals surface area contributed by atoms with E-state index in [1.165, 1.54) is 18.3 Å². The van der Waals surface area contributed by atoms with Gasteiger partial charge in [-0.3, -0.25) is 4.99 Å². The topological polar surface area (TPSA) is 82.0 Å².